The normalized spacial score (nSPS) is 40.9. The van der Waals surface area contributed by atoms with Crippen molar-refractivity contribution in [3.8, 4) is 0 Å². The molecule has 1 aliphatic heterocycles. The van der Waals surface area contributed by atoms with Gasteiger partial charge in [0.1, 0.15) is 0 Å². The third-order valence-electron chi connectivity index (χ3n) is 3.20. The highest BCUT2D eigenvalue weighted by Gasteiger charge is 2.38. The smallest absolute Gasteiger partial charge is 0.0204 e. The Kier molecular flexibility index (Phi) is 2.42. The van der Waals surface area contributed by atoms with E-state index in [1.54, 1.807) is 0 Å². The zero-order chi connectivity index (χ0) is 7.84. The lowest BCUT2D eigenvalue weighted by Gasteiger charge is -2.35. The van der Waals surface area contributed by atoms with E-state index in [0.29, 0.717) is 0 Å². The number of nitrogens with zero attached hydrogens (tertiary/aromatic N) is 1. The first-order valence-corrected chi connectivity index (χ1v) is 5.68. The van der Waals surface area contributed by atoms with Crippen LogP contribution in [0, 0.1) is 11.8 Å². The molecule has 11 heavy (non-hydrogen) atoms. The third kappa shape index (κ3) is 1.72. The monoisotopic (exact) mass is 265 g/mol. The molecular formula is C9H16IN. The van der Waals surface area contributed by atoms with Gasteiger partial charge in [0.25, 0.3) is 0 Å². The SMILES string of the molecule is C[C@@H]1[C@H](C2CC2)CCCN1I. The van der Waals surface area contributed by atoms with Gasteiger partial charge in [-0.2, -0.15) is 0 Å². The summed E-state index contributed by atoms with van der Waals surface area (Å²) in [5, 5.41) is 0. The molecule has 0 aromatic rings. The minimum Gasteiger partial charge on any atom is -0.244 e. The van der Waals surface area contributed by atoms with Crippen molar-refractivity contribution in [2.75, 3.05) is 6.54 Å². The highest BCUT2D eigenvalue weighted by Crippen LogP contribution is 2.44. The maximum Gasteiger partial charge on any atom is 0.0204 e. The quantitative estimate of drug-likeness (QED) is 0.520. The molecule has 1 saturated carbocycles. The summed E-state index contributed by atoms with van der Waals surface area (Å²) in [5.74, 6) is 2.13. The first-order chi connectivity index (χ1) is 5.29. The second-order valence-corrected chi connectivity index (χ2v) is 5.25. The van der Waals surface area contributed by atoms with Crippen molar-refractivity contribution < 1.29 is 0 Å². The molecule has 0 radical (unpaired) electrons. The lowest BCUT2D eigenvalue weighted by molar-refractivity contribution is 0.199. The molecule has 0 aromatic carbocycles. The lowest BCUT2D eigenvalue weighted by atomic mass is 9.88. The summed E-state index contributed by atoms with van der Waals surface area (Å²) in [6.07, 6.45) is 5.94. The van der Waals surface area contributed by atoms with Crippen molar-refractivity contribution in [2.45, 2.75) is 38.6 Å². The summed E-state index contributed by atoms with van der Waals surface area (Å²) in [4.78, 5) is 0. The van der Waals surface area contributed by atoms with Crippen LogP contribution in [0.15, 0.2) is 0 Å². The minimum atomic E-state index is 0.844. The highest BCUT2D eigenvalue weighted by molar-refractivity contribution is 14.1. The number of hydrogen-bond donors (Lipinski definition) is 0. The molecule has 64 valence electrons. The average molecular weight is 265 g/mol. The van der Waals surface area contributed by atoms with E-state index in [4.69, 9.17) is 0 Å². The van der Waals surface area contributed by atoms with Crippen molar-refractivity contribution >= 4 is 22.9 Å². The predicted octanol–water partition coefficient (Wildman–Crippen LogP) is 2.85. The van der Waals surface area contributed by atoms with E-state index < -0.39 is 0 Å². The summed E-state index contributed by atoms with van der Waals surface area (Å²) in [7, 11) is 0. The standard InChI is InChI=1S/C9H16IN/c1-7-9(8-4-5-8)3-2-6-11(7)10/h7-9H,2-6H2,1H3/t7-,9-/m1/s1. The van der Waals surface area contributed by atoms with Gasteiger partial charge in [0.05, 0.1) is 0 Å². The van der Waals surface area contributed by atoms with Gasteiger partial charge >= 0.3 is 0 Å². The van der Waals surface area contributed by atoms with Crippen molar-refractivity contribution in [1.82, 2.24) is 3.11 Å². The van der Waals surface area contributed by atoms with Crippen LogP contribution in [0.4, 0.5) is 0 Å². The van der Waals surface area contributed by atoms with Crippen LogP contribution in [-0.4, -0.2) is 15.7 Å². The molecular weight excluding hydrogens is 249 g/mol. The molecule has 0 unspecified atom stereocenters. The maximum atomic E-state index is 2.50. The second kappa shape index (κ2) is 3.21. The number of hydrogen-bond acceptors (Lipinski definition) is 1. The average Bonchev–Trinajstić information content (AvgIpc) is 2.77. The zero-order valence-corrected chi connectivity index (χ0v) is 9.25. The van der Waals surface area contributed by atoms with Gasteiger partial charge < -0.3 is 0 Å². The Labute approximate surface area is 83.0 Å². The first kappa shape index (κ1) is 8.30. The van der Waals surface area contributed by atoms with Crippen LogP contribution in [0.3, 0.4) is 0 Å². The van der Waals surface area contributed by atoms with Gasteiger partial charge in [-0.05, 0) is 44.4 Å². The van der Waals surface area contributed by atoms with Gasteiger partial charge in [-0.1, -0.05) is 0 Å². The van der Waals surface area contributed by atoms with Crippen molar-refractivity contribution in [3.05, 3.63) is 0 Å². The van der Waals surface area contributed by atoms with E-state index in [-0.39, 0.29) is 0 Å². The number of piperidine rings is 1. The van der Waals surface area contributed by atoms with Crippen molar-refractivity contribution in [1.29, 1.82) is 0 Å². The van der Waals surface area contributed by atoms with Crippen LogP contribution >= 0.6 is 22.9 Å². The van der Waals surface area contributed by atoms with Gasteiger partial charge in [0.15, 0.2) is 0 Å². The van der Waals surface area contributed by atoms with Crippen LogP contribution < -0.4 is 0 Å². The molecule has 1 saturated heterocycles. The molecule has 0 aromatic heterocycles. The molecule has 0 bridgehead atoms. The largest absolute Gasteiger partial charge is 0.244 e. The maximum absolute atomic E-state index is 2.50. The number of halogens is 1. The summed E-state index contributed by atoms with van der Waals surface area (Å²) in [6, 6.07) is 0.844. The fourth-order valence-electron chi connectivity index (χ4n) is 2.28. The Morgan fingerprint density at radius 1 is 1.27 bits per heavy atom. The molecule has 1 aliphatic carbocycles. The molecule has 2 rings (SSSR count). The fraction of sp³-hybridized carbons (Fsp3) is 1.00. The van der Waals surface area contributed by atoms with Gasteiger partial charge in [0, 0.05) is 35.5 Å². The molecule has 0 amide bonds. The highest BCUT2D eigenvalue weighted by atomic mass is 127. The van der Waals surface area contributed by atoms with Crippen LogP contribution in [0.25, 0.3) is 0 Å². The van der Waals surface area contributed by atoms with E-state index >= 15 is 0 Å². The van der Waals surface area contributed by atoms with Gasteiger partial charge in [0.2, 0.25) is 0 Å². The van der Waals surface area contributed by atoms with E-state index in [2.05, 4.69) is 32.9 Å². The molecule has 2 fully saturated rings. The molecule has 2 aliphatic rings. The van der Waals surface area contributed by atoms with Crippen molar-refractivity contribution in [2.24, 2.45) is 11.8 Å². The van der Waals surface area contributed by atoms with Gasteiger partial charge in [-0.25, -0.2) is 3.11 Å². The summed E-state index contributed by atoms with van der Waals surface area (Å²) >= 11 is 2.49. The first-order valence-electron chi connectivity index (χ1n) is 4.71. The Hall–Kier alpha value is 0.690. The van der Waals surface area contributed by atoms with Crippen molar-refractivity contribution in [3.63, 3.8) is 0 Å². The van der Waals surface area contributed by atoms with Gasteiger partial charge in [-0.3, -0.25) is 0 Å². The fourth-order valence-corrected chi connectivity index (χ4v) is 3.04. The Morgan fingerprint density at radius 3 is 2.64 bits per heavy atom. The topological polar surface area (TPSA) is 3.24 Å². The molecule has 2 heteroatoms. The molecule has 0 spiro atoms. The summed E-state index contributed by atoms with van der Waals surface area (Å²) in [5.41, 5.74) is 0. The minimum absolute atomic E-state index is 0.844. The van der Waals surface area contributed by atoms with Gasteiger partial charge in [-0.15, -0.1) is 0 Å². The molecule has 0 N–H and O–H groups in total. The van der Waals surface area contributed by atoms with Crippen LogP contribution in [-0.2, 0) is 0 Å². The Balaban J connectivity index is 1.95. The van der Waals surface area contributed by atoms with E-state index in [1.807, 2.05) is 0 Å². The summed E-state index contributed by atoms with van der Waals surface area (Å²) in [6.45, 7) is 3.71. The number of rotatable bonds is 1. The predicted molar refractivity (Wildman–Crippen MR) is 55.6 cm³/mol. The van der Waals surface area contributed by atoms with Crippen LogP contribution in [0.5, 0.6) is 0 Å². The van der Waals surface area contributed by atoms with E-state index in [9.17, 15) is 0 Å². The Bertz CT molecular complexity index is 144. The Morgan fingerprint density at radius 2 is 2.00 bits per heavy atom. The van der Waals surface area contributed by atoms with E-state index in [0.717, 1.165) is 17.9 Å². The van der Waals surface area contributed by atoms with E-state index in [1.165, 1.54) is 32.2 Å². The third-order valence-corrected chi connectivity index (χ3v) is 4.56. The van der Waals surface area contributed by atoms with Crippen LogP contribution in [0.2, 0.25) is 0 Å². The molecule has 1 heterocycles. The second-order valence-electron chi connectivity index (χ2n) is 4.01. The lowest BCUT2D eigenvalue weighted by Crippen LogP contribution is -2.37. The zero-order valence-electron chi connectivity index (χ0n) is 7.09. The molecule has 1 nitrogen and oxygen atoms in total. The molecule has 2 atom stereocenters. The summed E-state index contributed by atoms with van der Waals surface area (Å²) < 4.78 is 2.50. The van der Waals surface area contributed by atoms with Crippen LogP contribution in [0.1, 0.15) is 32.6 Å².